The number of nitrogens with one attached hydrogen (secondary N) is 1. The van der Waals surface area contributed by atoms with Crippen LogP contribution >= 0.6 is 0 Å². The molecule has 20 heavy (non-hydrogen) atoms. The third-order valence-corrected chi connectivity index (χ3v) is 5.60. The first-order valence-electron chi connectivity index (χ1n) is 6.86. The van der Waals surface area contributed by atoms with E-state index in [0.717, 1.165) is 19.4 Å². The monoisotopic (exact) mass is 300 g/mol. The van der Waals surface area contributed by atoms with Gasteiger partial charge in [-0.1, -0.05) is 0 Å². The molecule has 0 aromatic heterocycles. The van der Waals surface area contributed by atoms with Crippen molar-refractivity contribution in [2.24, 2.45) is 5.92 Å². The van der Waals surface area contributed by atoms with Crippen LogP contribution in [0.25, 0.3) is 0 Å². The van der Waals surface area contributed by atoms with Gasteiger partial charge in [0.2, 0.25) is 10.0 Å². The van der Waals surface area contributed by atoms with Crippen molar-refractivity contribution in [3.05, 3.63) is 29.6 Å². The van der Waals surface area contributed by atoms with Gasteiger partial charge in [0.1, 0.15) is 5.82 Å². The van der Waals surface area contributed by atoms with Crippen LogP contribution < -0.4 is 5.32 Å². The zero-order chi connectivity index (χ0) is 14.8. The molecule has 0 amide bonds. The Morgan fingerprint density at radius 2 is 2.20 bits per heavy atom. The summed E-state index contributed by atoms with van der Waals surface area (Å²) >= 11 is 0. The lowest BCUT2D eigenvalue weighted by molar-refractivity contribution is 0.263. The third kappa shape index (κ3) is 3.19. The van der Waals surface area contributed by atoms with E-state index < -0.39 is 10.0 Å². The van der Waals surface area contributed by atoms with Gasteiger partial charge in [-0.25, -0.2) is 12.8 Å². The Hall–Kier alpha value is -0.980. The van der Waals surface area contributed by atoms with Gasteiger partial charge in [0.25, 0.3) is 0 Å². The minimum Gasteiger partial charge on any atom is -0.319 e. The highest BCUT2D eigenvalue weighted by Gasteiger charge is 2.30. The molecule has 1 saturated heterocycles. The van der Waals surface area contributed by atoms with Crippen LogP contribution in [-0.4, -0.2) is 39.4 Å². The first-order valence-corrected chi connectivity index (χ1v) is 8.30. The Balaban J connectivity index is 2.23. The van der Waals surface area contributed by atoms with E-state index in [4.69, 9.17) is 0 Å². The van der Waals surface area contributed by atoms with Crippen LogP contribution in [0.15, 0.2) is 23.1 Å². The summed E-state index contributed by atoms with van der Waals surface area (Å²) < 4.78 is 40.0. The number of sulfonamides is 1. The molecule has 0 bridgehead atoms. The summed E-state index contributed by atoms with van der Waals surface area (Å²) in [6, 6.07) is 3.98. The van der Waals surface area contributed by atoms with E-state index in [-0.39, 0.29) is 10.7 Å². The van der Waals surface area contributed by atoms with Crippen LogP contribution in [0.5, 0.6) is 0 Å². The molecule has 1 atom stereocenters. The van der Waals surface area contributed by atoms with E-state index >= 15 is 0 Å². The molecular formula is C14H21FN2O2S. The first-order chi connectivity index (χ1) is 9.45. The topological polar surface area (TPSA) is 49.4 Å². The van der Waals surface area contributed by atoms with Gasteiger partial charge >= 0.3 is 0 Å². The van der Waals surface area contributed by atoms with Crippen LogP contribution in [0.3, 0.4) is 0 Å². The quantitative estimate of drug-likeness (QED) is 0.922. The van der Waals surface area contributed by atoms with Crippen molar-refractivity contribution in [2.45, 2.75) is 24.7 Å². The number of benzene rings is 1. The summed E-state index contributed by atoms with van der Waals surface area (Å²) in [5.74, 6) is -0.0410. The average Bonchev–Trinajstić information content (AvgIpc) is 2.42. The number of hydrogen-bond acceptors (Lipinski definition) is 3. The normalized spacial score (nSPS) is 21.1. The molecule has 0 radical (unpaired) electrons. The smallest absolute Gasteiger partial charge is 0.243 e. The minimum absolute atomic E-state index is 0.182. The van der Waals surface area contributed by atoms with Crippen molar-refractivity contribution in [1.29, 1.82) is 0 Å². The maximum atomic E-state index is 13.3. The Bertz CT molecular complexity index is 573. The van der Waals surface area contributed by atoms with Gasteiger partial charge in [0.15, 0.2) is 0 Å². The van der Waals surface area contributed by atoms with Crippen molar-refractivity contribution in [3.63, 3.8) is 0 Å². The van der Waals surface area contributed by atoms with E-state index in [2.05, 4.69) is 5.32 Å². The van der Waals surface area contributed by atoms with Crippen LogP contribution in [0.4, 0.5) is 4.39 Å². The summed E-state index contributed by atoms with van der Waals surface area (Å²) in [7, 11) is -1.64. The fourth-order valence-electron chi connectivity index (χ4n) is 2.63. The van der Waals surface area contributed by atoms with Crippen molar-refractivity contribution >= 4 is 10.0 Å². The highest BCUT2D eigenvalue weighted by atomic mass is 32.2. The number of aryl methyl sites for hydroxylation is 1. The highest BCUT2D eigenvalue weighted by molar-refractivity contribution is 7.89. The van der Waals surface area contributed by atoms with Gasteiger partial charge in [0.05, 0.1) is 4.90 Å². The van der Waals surface area contributed by atoms with Crippen LogP contribution in [0.2, 0.25) is 0 Å². The fraction of sp³-hybridized carbons (Fsp3) is 0.571. The molecule has 0 aliphatic carbocycles. The molecule has 2 rings (SSSR count). The van der Waals surface area contributed by atoms with Crippen molar-refractivity contribution in [1.82, 2.24) is 9.62 Å². The van der Waals surface area contributed by atoms with E-state index in [1.807, 2.05) is 7.05 Å². The van der Waals surface area contributed by atoms with E-state index in [9.17, 15) is 12.8 Å². The van der Waals surface area contributed by atoms with E-state index in [1.54, 1.807) is 6.92 Å². The molecule has 1 heterocycles. The van der Waals surface area contributed by atoms with Crippen LogP contribution in [0, 0.1) is 18.7 Å². The zero-order valence-corrected chi connectivity index (χ0v) is 12.7. The second-order valence-corrected chi connectivity index (χ2v) is 7.28. The Kier molecular flexibility index (Phi) is 4.78. The average molecular weight is 300 g/mol. The van der Waals surface area contributed by atoms with Crippen LogP contribution in [0.1, 0.15) is 18.4 Å². The van der Waals surface area contributed by atoms with Crippen LogP contribution in [-0.2, 0) is 10.0 Å². The number of piperidine rings is 1. The minimum atomic E-state index is -3.51. The second kappa shape index (κ2) is 6.20. The molecule has 112 valence electrons. The summed E-state index contributed by atoms with van der Waals surface area (Å²) in [4.78, 5) is 0.182. The van der Waals surface area contributed by atoms with Gasteiger partial charge in [-0.3, -0.25) is 0 Å². The van der Waals surface area contributed by atoms with Gasteiger partial charge in [-0.15, -0.1) is 0 Å². The maximum absolute atomic E-state index is 13.3. The largest absolute Gasteiger partial charge is 0.319 e. The molecule has 1 aliphatic rings. The molecule has 4 nitrogen and oxygen atoms in total. The van der Waals surface area contributed by atoms with Gasteiger partial charge in [0, 0.05) is 13.1 Å². The van der Waals surface area contributed by atoms with E-state index in [1.165, 1.54) is 22.5 Å². The molecule has 1 aliphatic heterocycles. The SMILES string of the molecule is CNCC1CCCN(S(=O)(=O)c2ccc(F)c(C)c2)C1. The lowest BCUT2D eigenvalue weighted by Crippen LogP contribution is -2.42. The standard InChI is InChI=1S/C14H21FN2O2S/c1-11-8-13(5-6-14(11)15)20(18,19)17-7-3-4-12(10-17)9-16-2/h5-6,8,12,16H,3-4,7,9-10H2,1-2H3. The zero-order valence-electron chi connectivity index (χ0n) is 11.9. The second-order valence-electron chi connectivity index (χ2n) is 5.34. The summed E-state index contributed by atoms with van der Waals surface area (Å²) in [6.45, 7) is 3.46. The number of nitrogens with zero attached hydrogens (tertiary/aromatic N) is 1. The molecule has 6 heteroatoms. The summed E-state index contributed by atoms with van der Waals surface area (Å²) in [5.41, 5.74) is 0.356. The lowest BCUT2D eigenvalue weighted by Gasteiger charge is -2.31. The molecule has 0 spiro atoms. The van der Waals surface area contributed by atoms with Gasteiger partial charge < -0.3 is 5.32 Å². The number of hydrogen-bond donors (Lipinski definition) is 1. The van der Waals surface area contributed by atoms with Gasteiger partial charge in [-0.2, -0.15) is 4.31 Å². The number of rotatable bonds is 4. The predicted octanol–water partition coefficient (Wildman–Crippen LogP) is 1.75. The maximum Gasteiger partial charge on any atom is 0.243 e. The lowest BCUT2D eigenvalue weighted by atomic mass is 10.00. The Morgan fingerprint density at radius 1 is 1.45 bits per heavy atom. The van der Waals surface area contributed by atoms with Crippen molar-refractivity contribution < 1.29 is 12.8 Å². The molecule has 1 N–H and O–H groups in total. The summed E-state index contributed by atoms with van der Waals surface area (Å²) in [5, 5.41) is 3.09. The molecule has 0 saturated carbocycles. The molecule has 1 aromatic carbocycles. The third-order valence-electron chi connectivity index (χ3n) is 3.74. The van der Waals surface area contributed by atoms with E-state index in [0.29, 0.717) is 24.6 Å². The fourth-order valence-corrected chi connectivity index (χ4v) is 4.27. The van der Waals surface area contributed by atoms with Crippen molar-refractivity contribution in [2.75, 3.05) is 26.7 Å². The Labute approximate surface area is 120 Å². The Morgan fingerprint density at radius 3 is 2.85 bits per heavy atom. The summed E-state index contributed by atoms with van der Waals surface area (Å²) in [6.07, 6.45) is 1.90. The molecular weight excluding hydrogens is 279 g/mol. The van der Waals surface area contributed by atoms with Crippen molar-refractivity contribution in [3.8, 4) is 0 Å². The highest BCUT2D eigenvalue weighted by Crippen LogP contribution is 2.24. The first kappa shape index (κ1) is 15.4. The number of halogens is 1. The molecule has 1 unspecified atom stereocenters. The molecule has 1 aromatic rings. The van der Waals surface area contributed by atoms with Gasteiger partial charge in [-0.05, 0) is 63.0 Å². The predicted molar refractivity (Wildman–Crippen MR) is 76.5 cm³/mol. The molecule has 1 fully saturated rings.